The normalized spacial score (nSPS) is 19.6. The second-order valence-electron chi connectivity index (χ2n) is 7.03. The van der Waals surface area contributed by atoms with E-state index in [0.717, 1.165) is 12.8 Å². The molecule has 2 atom stereocenters. The maximum atomic E-state index is 12.8. The van der Waals surface area contributed by atoms with Crippen molar-refractivity contribution in [3.05, 3.63) is 71.8 Å². The van der Waals surface area contributed by atoms with Crippen LogP contribution in [0.5, 0.6) is 0 Å². The van der Waals surface area contributed by atoms with Crippen molar-refractivity contribution in [2.75, 3.05) is 6.54 Å². The number of rotatable bonds is 6. The molecule has 2 aromatic carbocycles. The maximum absolute atomic E-state index is 12.8. The molecule has 0 heterocycles. The van der Waals surface area contributed by atoms with Crippen LogP contribution < -0.4 is 11.1 Å². The van der Waals surface area contributed by atoms with Crippen molar-refractivity contribution < 1.29 is 4.79 Å². The quantitative estimate of drug-likeness (QED) is 0.795. The number of nitrogens with two attached hydrogens (primary N) is 1. The van der Waals surface area contributed by atoms with E-state index in [9.17, 15) is 4.79 Å². The second kappa shape index (κ2) is 10.3. The predicted octanol–water partition coefficient (Wildman–Crippen LogP) is 4.26. The fraction of sp³-hybridized carbons (Fsp3) is 0.409. The van der Waals surface area contributed by atoms with Crippen LogP contribution in [-0.4, -0.2) is 18.5 Å². The van der Waals surface area contributed by atoms with Crippen LogP contribution in [0.4, 0.5) is 0 Å². The molecule has 140 valence electrons. The Hall–Kier alpha value is -1.84. The topological polar surface area (TPSA) is 55.1 Å². The number of hydrogen-bond donors (Lipinski definition) is 2. The van der Waals surface area contributed by atoms with E-state index in [4.69, 9.17) is 5.73 Å². The monoisotopic (exact) mass is 372 g/mol. The summed E-state index contributed by atoms with van der Waals surface area (Å²) in [4.78, 5) is 12.8. The average Bonchev–Trinajstić information content (AvgIpc) is 2.68. The molecule has 0 aromatic heterocycles. The Morgan fingerprint density at radius 1 is 0.962 bits per heavy atom. The molecule has 1 aliphatic rings. The highest BCUT2D eigenvalue weighted by Crippen LogP contribution is 2.29. The minimum absolute atomic E-state index is 0. The molecule has 3 nitrogen and oxygen atoms in total. The second-order valence-corrected chi connectivity index (χ2v) is 7.03. The van der Waals surface area contributed by atoms with E-state index in [2.05, 4.69) is 29.6 Å². The highest BCUT2D eigenvalue weighted by Gasteiger charge is 2.26. The van der Waals surface area contributed by atoms with Gasteiger partial charge in [-0.3, -0.25) is 4.79 Å². The third-order valence-corrected chi connectivity index (χ3v) is 5.35. The van der Waals surface area contributed by atoms with E-state index in [1.54, 1.807) is 0 Å². The summed E-state index contributed by atoms with van der Waals surface area (Å²) in [6.45, 7) is 0.658. The minimum Gasteiger partial charge on any atom is -0.353 e. The molecule has 2 aromatic rings. The van der Waals surface area contributed by atoms with Gasteiger partial charge in [-0.15, -0.1) is 12.4 Å². The molecular formula is C22H29ClN2O. The summed E-state index contributed by atoms with van der Waals surface area (Å²) in [5, 5.41) is 3.27. The zero-order chi connectivity index (χ0) is 17.5. The van der Waals surface area contributed by atoms with Gasteiger partial charge in [0.1, 0.15) is 0 Å². The first-order chi connectivity index (χ1) is 12.3. The minimum atomic E-state index is 0. The molecule has 3 rings (SSSR count). The van der Waals surface area contributed by atoms with Gasteiger partial charge in [-0.2, -0.15) is 0 Å². The zero-order valence-electron chi connectivity index (χ0n) is 15.1. The molecule has 0 aliphatic heterocycles. The van der Waals surface area contributed by atoms with Gasteiger partial charge in [0.2, 0.25) is 5.91 Å². The summed E-state index contributed by atoms with van der Waals surface area (Å²) in [7, 11) is 0. The summed E-state index contributed by atoms with van der Waals surface area (Å²) in [6.07, 6.45) is 5.06. The number of nitrogens with one attached hydrogen (secondary N) is 1. The van der Waals surface area contributed by atoms with Gasteiger partial charge in [-0.05, 0) is 36.4 Å². The molecule has 1 aliphatic carbocycles. The van der Waals surface area contributed by atoms with Crippen LogP contribution in [0, 0.1) is 5.92 Å². The number of hydrogen-bond acceptors (Lipinski definition) is 2. The van der Waals surface area contributed by atoms with Gasteiger partial charge in [-0.25, -0.2) is 0 Å². The first kappa shape index (κ1) is 20.5. The van der Waals surface area contributed by atoms with E-state index in [1.807, 2.05) is 36.4 Å². The summed E-state index contributed by atoms with van der Waals surface area (Å²) in [5.41, 5.74) is 8.27. The fourth-order valence-electron chi connectivity index (χ4n) is 3.93. The number of amides is 1. The van der Waals surface area contributed by atoms with Crippen LogP contribution in [0.3, 0.4) is 0 Å². The van der Waals surface area contributed by atoms with Crippen LogP contribution in [-0.2, 0) is 4.79 Å². The van der Waals surface area contributed by atoms with Crippen LogP contribution >= 0.6 is 12.4 Å². The molecule has 26 heavy (non-hydrogen) atoms. The van der Waals surface area contributed by atoms with Gasteiger partial charge in [0, 0.05) is 18.4 Å². The molecule has 0 bridgehead atoms. The van der Waals surface area contributed by atoms with Crippen molar-refractivity contribution in [1.29, 1.82) is 0 Å². The Balaban J connectivity index is 0.00000243. The van der Waals surface area contributed by atoms with Gasteiger partial charge in [0.15, 0.2) is 0 Å². The van der Waals surface area contributed by atoms with Crippen molar-refractivity contribution >= 4 is 18.3 Å². The predicted molar refractivity (Wildman–Crippen MR) is 110 cm³/mol. The van der Waals surface area contributed by atoms with E-state index in [0.29, 0.717) is 18.9 Å². The SMILES string of the molecule is Cl.NCC1CCCCC1NC(=O)CC(c1ccccc1)c1ccccc1. The van der Waals surface area contributed by atoms with Gasteiger partial charge in [0.05, 0.1) is 0 Å². The highest BCUT2D eigenvalue weighted by molar-refractivity contribution is 5.85. The Kier molecular flexibility index (Phi) is 8.14. The van der Waals surface area contributed by atoms with E-state index < -0.39 is 0 Å². The van der Waals surface area contributed by atoms with Crippen molar-refractivity contribution in [3.8, 4) is 0 Å². The molecule has 3 N–H and O–H groups in total. The number of halogens is 1. The lowest BCUT2D eigenvalue weighted by Crippen LogP contribution is -2.45. The summed E-state index contributed by atoms with van der Waals surface area (Å²) in [5.74, 6) is 0.634. The lowest BCUT2D eigenvalue weighted by atomic mass is 9.84. The van der Waals surface area contributed by atoms with Gasteiger partial charge >= 0.3 is 0 Å². The molecule has 0 radical (unpaired) electrons. The number of benzene rings is 2. The van der Waals surface area contributed by atoms with E-state index in [-0.39, 0.29) is 30.3 Å². The number of carbonyl (C=O) groups is 1. The van der Waals surface area contributed by atoms with E-state index >= 15 is 0 Å². The fourth-order valence-corrected chi connectivity index (χ4v) is 3.93. The Morgan fingerprint density at radius 2 is 1.50 bits per heavy atom. The standard InChI is InChI=1S/C22H28N2O.ClH/c23-16-19-13-7-8-14-21(19)24-22(25)15-20(17-9-3-1-4-10-17)18-11-5-2-6-12-18;/h1-6,9-12,19-21H,7-8,13-16,23H2,(H,24,25);1H. The third kappa shape index (κ3) is 5.33. The molecule has 4 heteroatoms. The van der Waals surface area contributed by atoms with Crippen molar-refractivity contribution in [3.63, 3.8) is 0 Å². The van der Waals surface area contributed by atoms with Crippen LogP contribution in [0.1, 0.15) is 49.1 Å². The molecule has 1 amide bonds. The first-order valence-corrected chi connectivity index (χ1v) is 9.37. The van der Waals surface area contributed by atoms with Crippen molar-refractivity contribution in [1.82, 2.24) is 5.32 Å². The van der Waals surface area contributed by atoms with Gasteiger partial charge in [0.25, 0.3) is 0 Å². The number of carbonyl (C=O) groups excluding carboxylic acids is 1. The smallest absolute Gasteiger partial charge is 0.221 e. The maximum Gasteiger partial charge on any atom is 0.221 e. The molecule has 1 saturated carbocycles. The largest absolute Gasteiger partial charge is 0.353 e. The Bertz CT molecular complexity index is 623. The molecule has 2 unspecified atom stereocenters. The van der Waals surface area contributed by atoms with Gasteiger partial charge in [-0.1, -0.05) is 73.5 Å². The Morgan fingerprint density at radius 3 is 2.04 bits per heavy atom. The zero-order valence-corrected chi connectivity index (χ0v) is 16.0. The highest BCUT2D eigenvalue weighted by atomic mass is 35.5. The van der Waals surface area contributed by atoms with Crippen LogP contribution in [0.15, 0.2) is 60.7 Å². The molecular weight excluding hydrogens is 344 g/mol. The summed E-state index contributed by atoms with van der Waals surface area (Å²) in [6, 6.07) is 20.8. The van der Waals surface area contributed by atoms with Gasteiger partial charge < -0.3 is 11.1 Å². The van der Waals surface area contributed by atoms with Crippen molar-refractivity contribution in [2.45, 2.75) is 44.1 Å². The van der Waals surface area contributed by atoms with E-state index in [1.165, 1.54) is 24.0 Å². The van der Waals surface area contributed by atoms with Crippen molar-refractivity contribution in [2.24, 2.45) is 11.7 Å². The third-order valence-electron chi connectivity index (χ3n) is 5.35. The average molecular weight is 373 g/mol. The van der Waals surface area contributed by atoms with Crippen LogP contribution in [0.2, 0.25) is 0 Å². The summed E-state index contributed by atoms with van der Waals surface area (Å²) < 4.78 is 0. The molecule has 0 saturated heterocycles. The van der Waals surface area contributed by atoms with Crippen LogP contribution in [0.25, 0.3) is 0 Å². The first-order valence-electron chi connectivity index (χ1n) is 9.37. The lowest BCUT2D eigenvalue weighted by molar-refractivity contribution is -0.122. The Labute approximate surface area is 162 Å². The molecule has 1 fully saturated rings. The summed E-state index contributed by atoms with van der Waals surface area (Å²) >= 11 is 0. The lowest BCUT2D eigenvalue weighted by Gasteiger charge is -2.31. The molecule has 0 spiro atoms.